The number of benzene rings is 3. The summed E-state index contributed by atoms with van der Waals surface area (Å²) in [6.45, 7) is -0.517. The Hall–Kier alpha value is -4.37. The lowest BCUT2D eigenvalue weighted by Crippen LogP contribution is -2.46. The Labute approximate surface area is 208 Å². The van der Waals surface area contributed by atoms with Gasteiger partial charge in [-0.1, -0.05) is 72.8 Å². The van der Waals surface area contributed by atoms with Gasteiger partial charge >= 0.3 is 18.0 Å². The highest BCUT2D eigenvalue weighted by Gasteiger charge is 2.26. The molecule has 4 N–H and O–H groups in total. The third-order valence-electron chi connectivity index (χ3n) is 5.10. The number of hydrogen-bond donors (Lipinski definition) is 3. The first kappa shape index (κ1) is 26.2. The van der Waals surface area contributed by atoms with Crippen LogP contribution in [0.25, 0.3) is 0 Å². The van der Waals surface area contributed by atoms with Crippen LogP contribution >= 0.6 is 0 Å². The summed E-state index contributed by atoms with van der Waals surface area (Å²) in [6, 6.07) is 22.0. The van der Waals surface area contributed by atoms with Gasteiger partial charge in [0.05, 0.1) is 0 Å². The molecule has 1 amide bonds. The number of phenolic OH excluding ortho intramolecular Hbond substituents is 1. The SMILES string of the molecule is N[C@@H](Cc1ccc(O)cc1)C(=O)OC[C@H](NC(=O)OCc1ccccc1)C(=O)OCc1ccccc1. The first-order valence-corrected chi connectivity index (χ1v) is 11.3. The molecule has 0 saturated carbocycles. The molecule has 0 aliphatic carbocycles. The van der Waals surface area contributed by atoms with Gasteiger partial charge in [0.25, 0.3) is 0 Å². The number of ether oxygens (including phenoxy) is 3. The van der Waals surface area contributed by atoms with Crippen LogP contribution in [-0.4, -0.2) is 41.8 Å². The maximum Gasteiger partial charge on any atom is 0.408 e. The van der Waals surface area contributed by atoms with Crippen LogP contribution in [0.1, 0.15) is 16.7 Å². The Balaban J connectivity index is 1.56. The van der Waals surface area contributed by atoms with E-state index in [1.807, 2.05) is 12.1 Å². The highest BCUT2D eigenvalue weighted by Crippen LogP contribution is 2.11. The Morgan fingerprint density at radius 1 is 0.722 bits per heavy atom. The zero-order valence-corrected chi connectivity index (χ0v) is 19.5. The molecule has 36 heavy (non-hydrogen) atoms. The molecule has 3 aromatic carbocycles. The zero-order valence-electron chi connectivity index (χ0n) is 19.5. The van der Waals surface area contributed by atoms with E-state index in [-0.39, 0.29) is 25.4 Å². The maximum absolute atomic E-state index is 12.7. The van der Waals surface area contributed by atoms with Crippen LogP contribution in [0, 0.1) is 0 Å². The van der Waals surface area contributed by atoms with E-state index in [9.17, 15) is 19.5 Å². The highest BCUT2D eigenvalue weighted by molar-refractivity contribution is 5.82. The molecule has 9 nitrogen and oxygen atoms in total. The molecule has 9 heteroatoms. The second-order valence-electron chi connectivity index (χ2n) is 7.96. The minimum absolute atomic E-state index is 0.00422. The van der Waals surface area contributed by atoms with E-state index < -0.39 is 36.7 Å². The number of alkyl carbamates (subject to hydrolysis) is 1. The normalized spacial score (nSPS) is 12.1. The largest absolute Gasteiger partial charge is 0.508 e. The van der Waals surface area contributed by atoms with Crippen LogP contribution in [0.3, 0.4) is 0 Å². The van der Waals surface area contributed by atoms with Crippen molar-refractivity contribution in [2.75, 3.05) is 6.61 Å². The summed E-state index contributed by atoms with van der Waals surface area (Å²) in [5, 5.41) is 11.8. The average molecular weight is 493 g/mol. The lowest BCUT2D eigenvalue weighted by Gasteiger charge is -2.19. The van der Waals surface area contributed by atoms with E-state index in [1.165, 1.54) is 12.1 Å². The predicted molar refractivity (Wildman–Crippen MR) is 131 cm³/mol. The van der Waals surface area contributed by atoms with Crippen molar-refractivity contribution >= 4 is 18.0 Å². The number of hydrogen-bond acceptors (Lipinski definition) is 8. The van der Waals surface area contributed by atoms with Gasteiger partial charge in [0.1, 0.15) is 31.6 Å². The topological polar surface area (TPSA) is 137 Å². The van der Waals surface area contributed by atoms with Crippen LogP contribution < -0.4 is 11.1 Å². The smallest absolute Gasteiger partial charge is 0.408 e. The van der Waals surface area contributed by atoms with Crippen LogP contribution in [-0.2, 0) is 43.4 Å². The van der Waals surface area contributed by atoms with Crippen molar-refractivity contribution in [3.63, 3.8) is 0 Å². The van der Waals surface area contributed by atoms with Crippen molar-refractivity contribution in [1.82, 2.24) is 5.32 Å². The van der Waals surface area contributed by atoms with Crippen molar-refractivity contribution in [3.05, 3.63) is 102 Å². The van der Waals surface area contributed by atoms with E-state index in [2.05, 4.69) is 5.32 Å². The van der Waals surface area contributed by atoms with Crippen molar-refractivity contribution in [2.24, 2.45) is 5.73 Å². The van der Waals surface area contributed by atoms with Gasteiger partial charge in [0.15, 0.2) is 6.04 Å². The Bertz CT molecular complexity index is 1120. The minimum atomic E-state index is -1.30. The van der Waals surface area contributed by atoms with Gasteiger partial charge in [-0.05, 0) is 35.2 Å². The fourth-order valence-electron chi connectivity index (χ4n) is 3.15. The molecule has 0 aliphatic heterocycles. The number of aromatic hydroxyl groups is 1. The van der Waals surface area contributed by atoms with Crippen molar-refractivity contribution in [1.29, 1.82) is 0 Å². The molecular formula is C27H28N2O7. The zero-order chi connectivity index (χ0) is 25.8. The van der Waals surface area contributed by atoms with Crippen molar-refractivity contribution in [3.8, 4) is 5.75 Å². The molecule has 0 fully saturated rings. The van der Waals surface area contributed by atoms with Crippen LogP contribution in [0.5, 0.6) is 5.75 Å². The third-order valence-corrected chi connectivity index (χ3v) is 5.10. The fourth-order valence-corrected chi connectivity index (χ4v) is 3.15. The molecular weight excluding hydrogens is 464 g/mol. The van der Waals surface area contributed by atoms with E-state index in [0.717, 1.165) is 16.7 Å². The number of esters is 2. The molecule has 188 valence electrons. The molecule has 0 spiro atoms. The first-order chi connectivity index (χ1) is 17.4. The van der Waals surface area contributed by atoms with Gasteiger partial charge in [0.2, 0.25) is 0 Å². The number of nitrogens with two attached hydrogens (primary N) is 1. The summed E-state index contributed by atoms with van der Waals surface area (Å²) < 4.78 is 15.7. The number of carbonyl (C=O) groups is 3. The Kier molecular flexibility index (Phi) is 9.84. The van der Waals surface area contributed by atoms with Gasteiger partial charge in [-0.15, -0.1) is 0 Å². The summed E-state index contributed by atoms with van der Waals surface area (Å²) >= 11 is 0. The summed E-state index contributed by atoms with van der Waals surface area (Å²) in [7, 11) is 0. The summed E-state index contributed by atoms with van der Waals surface area (Å²) in [5.74, 6) is -1.46. The van der Waals surface area contributed by atoms with E-state index in [0.29, 0.717) is 0 Å². The molecule has 0 heterocycles. The van der Waals surface area contributed by atoms with Crippen LogP contribution in [0.4, 0.5) is 4.79 Å². The Morgan fingerprint density at radius 3 is 1.86 bits per heavy atom. The molecule has 3 rings (SSSR count). The van der Waals surface area contributed by atoms with Gasteiger partial charge in [-0.3, -0.25) is 4.79 Å². The van der Waals surface area contributed by atoms with Crippen LogP contribution in [0.15, 0.2) is 84.9 Å². The quantitative estimate of drug-likeness (QED) is 0.275. The van der Waals surface area contributed by atoms with Gasteiger partial charge in [-0.2, -0.15) is 0 Å². The second kappa shape index (κ2) is 13.5. The molecule has 0 bridgehead atoms. The molecule has 0 aliphatic rings. The van der Waals surface area contributed by atoms with Gasteiger partial charge in [0, 0.05) is 0 Å². The monoisotopic (exact) mass is 492 g/mol. The lowest BCUT2D eigenvalue weighted by molar-refractivity contribution is -0.153. The average Bonchev–Trinajstić information content (AvgIpc) is 2.90. The first-order valence-electron chi connectivity index (χ1n) is 11.3. The number of rotatable bonds is 11. The van der Waals surface area contributed by atoms with Gasteiger partial charge < -0.3 is 30.4 Å². The molecule has 3 aromatic rings. The predicted octanol–water partition coefficient (Wildman–Crippen LogP) is 2.84. The lowest BCUT2D eigenvalue weighted by atomic mass is 10.1. The molecule has 0 radical (unpaired) electrons. The van der Waals surface area contributed by atoms with E-state index in [4.69, 9.17) is 19.9 Å². The van der Waals surface area contributed by atoms with Crippen molar-refractivity contribution < 1.29 is 33.7 Å². The van der Waals surface area contributed by atoms with Crippen LogP contribution in [0.2, 0.25) is 0 Å². The highest BCUT2D eigenvalue weighted by atomic mass is 16.6. The maximum atomic E-state index is 12.7. The summed E-state index contributed by atoms with van der Waals surface area (Å²) in [4.78, 5) is 37.4. The third kappa shape index (κ3) is 8.77. The minimum Gasteiger partial charge on any atom is -0.508 e. The molecule has 2 atom stereocenters. The van der Waals surface area contributed by atoms with E-state index in [1.54, 1.807) is 60.7 Å². The summed E-state index contributed by atoms with van der Waals surface area (Å²) in [5.41, 5.74) is 8.17. The fraction of sp³-hybridized carbons (Fsp3) is 0.222. The summed E-state index contributed by atoms with van der Waals surface area (Å²) in [6.07, 6.45) is -0.709. The second-order valence-corrected chi connectivity index (χ2v) is 7.96. The molecule has 0 aromatic heterocycles. The number of nitrogens with one attached hydrogen (secondary N) is 1. The van der Waals surface area contributed by atoms with E-state index >= 15 is 0 Å². The molecule has 0 saturated heterocycles. The number of carbonyl (C=O) groups excluding carboxylic acids is 3. The standard InChI is InChI=1S/C27H28N2O7/c28-23(15-19-11-13-22(30)14-12-19)25(31)35-18-24(26(32)34-16-20-7-3-1-4-8-20)29-27(33)36-17-21-9-5-2-6-10-21/h1-14,23-24,30H,15-18,28H2,(H,29,33)/t23-,24-/m0/s1. The molecule has 0 unspecified atom stereocenters. The number of phenols is 1. The number of amides is 1. The Morgan fingerprint density at radius 2 is 1.28 bits per heavy atom. The van der Waals surface area contributed by atoms with Crippen molar-refractivity contribution in [2.45, 2.75) is 31.7 Å². The van der Waals surface area contributed by atoms with Gasteiger partial charge in [-0.25, -0.2) is 9.59 Å².